The number of amides is 1. The zero-order chi connectivity index (χ0) is 8.69. The summed E-state index contributed by atoms with van der Waals surface area (Å²) in [6.45, 7) is 1.77. The highest BCUT2D eigenvalue weighted by Gasteiger charge is 1.96. The van der Waals surface area contributed by atoms with Crippen molar-refractivity contribution in [3.05, 3.63) is 10.1 Å². The minimum atomic E-state index is -0.891. The van der Waals surface area contributed by atoms with Gasteiger partial charge < -0.3 is 10.2 Å². The first kappa shape index (κ1) is 9.67. The van der Waals surface area contributed by atoms with Gasteiger partial charge in [-0.2, -0.15) is 0 Å². The molecule has 0 radical (unpaired) electrons. The lowest BCUT2D eigenvalue weighted by atomic mass is 10.4. The molecule has 0 aromatic carbocycles. The van der Waals surface area contributed by atoms with Crippen molar-refractivity contribution in [1.29, 1.82) is 0 Å². The normalized spacial score (nSPS) is 8.82. The van der Waals surface area contributed by atoms with Gasteiger partial charge in [-0.25, -0.2) is 0 Å². The van der Waals surface area contributed by atoms with E-state index in [9.17, 15) is 14.9 Å². The van der Waals surface area contributed by atoms with Crippen LogP contribution in [-0.2, 0) is 9.63 Å². The molecular weight excluding hydrogens is 152 g/mol. The van der Waals surface area contributed by atoms with E-state index in [-0.39, 0.29) is 19.1 Å². The summed E-state index contributed by atoms with van der Waals surface area (Å²) in [6, 6.07) is 0. The highest BCUT2D eigenvalue weighted by atomic mass is 16.9. The third-order valence-electron chi connectivity index (χ3n) is 0.942. The highest BCUT2D eigenvalue weighted by molar-refractivity contribution is 5.75. The van der Waals surface area contributed by atoms with E-state index in [4.69, 9.17) is 0 Å². The second-order valence-electron chi connectivity index (χ2n) is 1.76. The Morgan fingerprint density at radius 2 is 2.36 bits per heavy atom. The molecule has 0 rings (SSSR count). The van der Waals surface area contributed by atoms with Crippen molar-refractivity contribution in [1.82, 2.24) is 5.32 Å². The van der Waals surface area contributed by atoms with E-state index in [1.54, 1.807) is 6.92 Å². The number of carbonyl (C=O) groups is 1. The maximum atomic E-state index is 10.5. The van der Waals surface area contributed by atoms with Crippen molar-refractivity contribution in [2.45, 2.75) is 13.3 Å². The van der Waals surface area contributed by atoms with Crippen molar-refractivity contribution in [3.63, 3.8) is 0 Å². The SMILES string of the molecule is CCC(=O)NCCO[N+](=O)[O-]. The van der Waals surface area contributed by atoms with Crippen molar-refractivity contribution < 1.29 is 14.7 Å². The van der Waals surface area contributed by atoms with Crippen LogP contribution in [-0.4, -0.2) is 24.1 Å². The maximum absolute atomic E-state index is 10.5. The van der Waals surface area contributed by atoms with Gasteiger partial charge in [0.05, 0.1) is 0 Å². The van der Waals surface area contributed by atoms with Gasteiger partial charge in [0.2, 0.25) is 5.91 Å². The predicted octanol–water partition coefficient (Wildman–Crippen LogP) is -0.279. The molecule has 0 aliphatic rings. The minimum Gasteiger partial charge on any atom is -0.354 e. The van der Waals surface area contributed by atoms with Crippen LogP contribution in [0.2, 0.25) is 0 Å². The van der Waals surface area contributed by atoms with Gasteiger partial charge in [0, 0.05) is 13.0 Å². The van der Waals surface area contributed by atoms with Crippen molar-refractivity contribution in [2.24, 2.45) is 0 Å². The molecule has 64 valence electrons. The molecule has 0 atom stereocenters. The molecule has 0 aromatic rings. The summed E-state index contributed by atoms with van der Waals surface area (Å²) in [6.07, 6.45) is 0.373. The summed E-state index contributed by atoms with van der Waals surface area (Å²) >= 11 is 0. The lowest BCUT2D eigenvalue weighted by Gasteiger charge is -2.00. The number of nitrogens with one attached hydrogen (secondary N) is 1. The van der Waals surface area contributed by atoms with Gasteiger partial charge in [0.1, 0.15) is 6.61 Å². The Labute approximate surface area is 63.6 Å². The minimum absolute atomic E-state index is 0.0985. The molecule has 0 saturated heterocycles. The monoisotopic (exact) mass is 162 g/mol. The van der Waals surface area contributed by atoms with Gasteiger partial charge in [-0.1, -0.05) is 6.92 Å². The van der Waals surface area contributed by atoms with Gasteiger partial charge in [-0.05, 0) is 0 Å². The van der Waals surface area contributed by atoms with Crippen LogP contribution in [0.15, 0.2) is 0 Å². The molecule has 6 heteroatoms. The van der Waals surface area contributed by atoms with E-state index in [0.717, 1.165) is 0 Å². The summed E-state index contributed by atoms with van der Waals surface area (Å²) in [7, 11) is 0. The van der Waals surface area contributed by atoms with E-state index in [1.807, 2.05) is 0 Å². The summed E-state index contributed by atoms with van der Waals surface area (Å²) in [4.78, 5) is 24.0. The summed E-state index contributed by atoms with van der Waals surface area (Å²) in [5, 5.41) is 11.1. The molecular formula is C5H10N2O4. The first-order chi connectivity index (χ1) is 5.16. The fraction of sp³-hybridized carbons (Fsp3) is 0.800. The van der Waals surface area contributed by atoms with Crippen LogP contribution in [0, 0.1) is 10.1 Å². The maximum Gasteiger partial charge on any atom is 0.294 e. The largest absolute Gasteiger partial charge is 0.354 e. The van der Waals surface area contributed by atoms with Crippen LogP contribution < -0.4 is 5.32 Å². The number of hydrogen-bond donors (Lipinski definition) is 1. The Bertz CT molecular complexity index is 147. The number of nitrogens with zero attached hydrogens (tertiary/aromatic N) is 1. The molecule has 1 amide bonds. The van der Waals surface area contributed by atoms with Gasteiger partial charge in [-0.15, -0.1) is 10.1 Å². The molecule has 0 spiro atoms. The molecule has 6 nitrogen and oxygen atoms in total. The van der Waals surface area contributed by atoms with Crippen molar-refractivity contribution in [2.75, 3.05) is 13.2 Å². The molecule has 0 aliphatic heterocycles. The van der Waals surface area contributed by atoms with Crippen LogP contribution in [0.3, 0.4) is 0 Å². The molecule has 0 aromatic heterocycles. The van der Waals surface area contributed by atoms with Crippen molar-refractivity contribution >= 4 is 5.91 Å². The Balaban J connectivity index is 3.14. The molecule has 0 unspecified atom stereocenters. The average molecular weight is 162 g/mol. The standard InChI is InChI=1S/C5H10N2O4/c1-2-5(8)6-3-4-11-7(9)10/h2-4H2,1H3,(H,6,8). The lowest BCUT2D eigenvalue weighted by Crippen LogP contribution is -2.26. The summed E-state index contributed by atoms with van der Waals surface area (Å²) in [5.74, 6) is -0.142. The summed E-state index contributed by atoms with van der Waals surface area (Å²) < 4.78 is 0. The number of rotatable bonds is 5. The van der Waals surface area contributed by atoms with Gasteiger partial charge in [-0.3, -0.25) is 4.79 Å². The van der Waals surface area contributed by atoms with Crippen LogP contribution in [0.25, 0.3) is 0 Å². The molecule has 1 N–H and O–H groups in total. The second kappa shape index (κ2) is 5.45. The van der Waals surface area contributed by atoms with E-state index in [0.29, 0.717) is 6.42 Å². The Morgan fingerprint density at radius 3 is 2.82 bits per heavy atom. The van der Waals surface area contributed by atoms with Crippen LogP contribution in [0.4, 0.5) is 0 Å². The quantitative estimate of drug-likeness (QED) is 0.342. The first-order valence-corrected chi connectivity index (χ1v) is 3.20. The van der Waals surface area contributed by atoms with Gasteiger partial charge in [0.15, 0.2) is 0 Å². The van der Waals surface area contributed by atoms with Gasteiger partial charge >= 0.3 is 0 Å². The third kappa shape index (κ3) is 6.56. The zero-order valence-corrected chi connectivity index (χ0v) is 6.20. The van der Waals surface area contributed by atoms with E-state index < -0.39 is 5.09 Å². The average Bonchev–Trinajstić information content (AvgIpc) is 1.97. The predicted molar refractivity (Wildman–Crippen MR) is 36.2 cm³/mol. The Kier molecular flexibility index (Phi) is 4.80. The third-order valence-corrected chi connectivity index (χ3v) is 0.942. The highest BCUT2D eigenvalue weighted by Crippen LogP contribution is 1.76. The molecule has 0 saturated carbocycles. The molecule has 0 bridgehead atoms. The van der Waals surface area contributed by atoms with Crippen molar-refractivity contribution in [3.8, 4) is 0 Å². The zero-order valence-electron chi connectivity index (χ0n) is 6.20. The lowest BCUT2D eigenvalue weighted by molar-refractivity contribution is -0.757. The molecule has 0 heterocycles. The fourth-order valence-electron chi connectivity index (χ4n) is 0.436. The van der Waals surface area contributed by atoms with Crippen LogP contribution in [0.5, 0.6) is 0 Å². The van der Waals surface area contributed by atoms with Crippen LogP contribution in [0.1, 0.15) is 13.3 Å². The Morgan fingerprint density at radius 1 is 1.73 bits per heavy atom. The fourth-order valence-corrected chi connectivity index (χ4v) is 0.436. The number of hydrogen-bond acceptors (Lipinski definition) is 4. The van der Waals surface area contributed by atoms with Gasteiger partial charge in [0.25, 0.3) is 5.09 Å². The second-order valence-corrected chi connectivity index (χ2v) is 1.76. The first-order valence-electron chi connectivity index (χ1n) is 3.20. The molecule has 0 aliphatic carbocycles. The molecule has 0 fully saturated rings. The smallest absolute Gasteiger partial charge is 0.294 e. The topological polar surface area (TPSA) is 81.5 Å². The summed E-state index contributed by atoms with van der Waals surface area (Å²) in [5.41, 5.74) is 0. The van der Waals surface area contributed by atoms with E-state index in [1.165, 1.54) is 0 Å². The van der Waals surface area contributed by atoms with E-state index in [2.05, 4.69) is 10.2 Å². The Hall–Kier alpha value is -1.33. The number of carbonyl (C=O) groups excluding carboxylic acids is 1. The van der Waals surface area contributed by atoms with Crippen LogP contribution >= 0.6 is 0 Å². The van der Waals surface area contributed by atoms with E-state index >= 15 is 0 Å². The molecule has 11 heavy (non-hydrogen) atoms.